The average molecular weight is 624 g/mol. The first kappa shape index (κ1) is 33.0. The first-order chi connectivity index (χ1) is 21.2. The van der Waals surface area contributed by atoms with Crippen molar-refractivity contribution < 1.29 is 27.1 Å². The Balaban J connectivity index is 1.66. The van der Waals surface area contributed by atoms with E-state index in [1.807, 2.05) is 44.2 Å². The van der Waals surface area contributed by atoms with Gasteiger partial charge in [-0.05, 0) is 86.7 Å². The number of nitrogens with zero attached hydrogens (tertiary/aromatic N) is 2. The minimum absolute atomic E-state index is 0.0454. The Labute approximate surface area is 260 Å². The van der Waals surface area contributed by atoms with Crippen LogP contribution in [0.15, 0.2) is 83.8 Å². The van der Waals surface area contributed by atoms with Gasteiger partial charge in [-0.3, -0.25) is 13.9 Å². The molecule has 1 fully saturated rings. The van der Waals surface area contributed by atoms with Crippen LogP contribution in [-0.4, -0.2) is 56.9 Å². The molecule has 0 unspecified atom stereocenters. The Morgan fingerprint density at radius 2 is 1.59 bits per heavy atom. The molecule has 10 heteroatoms. The van der Waals surface area contributed by atoms with Gasteiger partial charge in [-0.1, -0.05) is 56.5 Å². The van der Waals surface area contributed by atoms with Gasteiger partial charge in [0, 0.05) is 12.6 Å². The Kier molecular flexibility index (Phi) is 11.8. The lowest BCUT2D eigenvalue weighted by Crippen LogP contribution is -2.54. The summed E-state index contributed by atoms with van der Waals surface area (Å²) in [6.45, 7) is 3.76. The molecular formula is C34H42FN3O5S. The van der Waals surface area contributed by atoms with Gasteiger partial charge in [0.1, 0.15) is 24.2 Å². The molecule has 236 valence electrons. The van der Waals surface area contributed by atoms with Crippen LogP contribution in [0.1, 0.15) is 57.9 Å². The molecule has 0 spiro atoms. The average Bonchev–Trinajstić information content (AvgIpc) is 3.03. The molecule has 2 amide bonds. The van der Waals surface area contributed by atoms with E-state index in [4.69, 9.17) is 4.74 Å². The van der Waals surface area contributed by atoms with Crippen molar-refractivity contribution in [1.29, 1.82) is 0 Å². The predicted molar refractivity (Wildman–Crippen MR) is 169 cm³/mol. The highest BCUT2D eigenvalue weighted by Crippen LogP contribution is 2.26. The van der Waals surface area contributed by atoms with Gasteiger partial charge < -0.3 is 15.0 Å². The summed E-state index contributed by atoms with van der Waals surface area (Å²) in [5, 5.41) is 3.15. The number of hydrogen-bond acceptors (Lipinski definition) is 5. The largest absolute Gasteiger partial charge is 0.494 e. The fraction of sp³-hybridized carbons (Fsp3) is 0.412. The minimum atomic E-state index is -4.26. The Hall–Kier alpha value is -3.92. The van der Waals surface area contributed by atoms with Crippen molar-refractivity contribution in [3.05, 3.63) is 90.2 Å². The molecule has 8 nitrogen and oxygen atoms in total. The summed E-state index contributed by atoms with van der Waals surface area (Å²) >= 11 is 0. The van der Waals surface area contributed by atoms with Gasteiger partial charge in [0.25, 0.3) is 10.0 Å². The number of rotatable bonds is 14. The van der Waals surface area contributed by atoms with Crippen LogP contribution in [0, 0.1) is 5.82 Å². The maximum Gasteiger partial charge on any atom is 0.264 e. The molecular weight excluding hydrogens is 581 g/mol. The van der Waals surface area contributed by atoms with Crippen molar-refractivity contribution in [2.45, 2.75) is 75.8 Å². The summed E-state index contributed by atoms with van der Waals surface area (Å²) in [6.07, 6.45) is 5.90. The quantitative estimate of drug-likeness (QED) is 0.248. The molecule has 1 saturated carbocycles. The zero-order valence-corrected chi connectivity index (χ0v) is 26.3. The molecule has 4 rings (SSSR count). The molecule has 1 aliphatic carbocycles. The lowest BCUT2D eigenvalue weighted by molar-refractivity contribution is -0.140. The third-order valence-electron chi connectivity index (χ3n) is 7.94. The number of amides is 2. The van der Waals surface area contributed by atoms with Gasteiger partial charge in [-0.2, -0.15) is 0 Å². The Morgan fingerprint density at radius 1 is 0.932 bits per heavy atom. The zero-order valence-electron chi connectivity index (χ0n) is 25.5. The molecule has 1 N–H and O–H groups in total. The van der Waals surface area contributed by atoms with Crippen LogP contribution in [0.25, 0.3) is 0 Å². The van der Waals surface area contributed by atoms with Crippen molar-refractivity contribution >= 4 is 27.5 Å². The second-order valence-electron chi connectivity index (χ2n) is 11.0. The van der Waals surface area contributed by atoms with Gasteiger partial charge in [0.2, 0.25) is 11.8 Å². The smallest absolute Gasteiger partial charge is 0.264 e. The summed E-state index contributed by atoms with van der Waals surface area (Å²) in [4.78, 5) is 29.2. The van der Waals surface area contributed by atoms with E-state index in [0.717, 1.165) is 54.1 Å². The summed E-state index contributed by atoms with van der Waals surface area (Å²) in [5.74, 6) is -0.778. The first-order valence-corrected chi connectivity index (χ1v) is 16.8. The van der Waals surface area contributed by atoms with Crippen LogP contribution in [0.3, 0.4) is 0 Å². The van der Waals surface area contributed by atoms with Crippen LogP contribution >= 0.6 is 0 Å². The molecule has 0 heterocycles. The summed E-state index contributed by atoms with van der Waals surface area (Å²) in [7, 11) is -4.26. The summed E-state index contributed by atoms with van der Waals surface area (Å²) in [6, 6.07) is 19.8. The van der Waals surface area contributed by atoms with E-state index < -0.39 is 34.3 Å². The number of carbonyl (C=O) groups excluding carboxylic acids is 2. The van der Waals surface area contributed by atoms with Crippen LogP contribution in [0.5, 0.6) is 5.75 Å². The topological polar surface area (TPSA) is 96.0 Å². The standard InChI is InChI=1S/C34H42FN3O5S/c1-3-32(34(40)36-28-13-9-6-10-14-28)37(24-23-26-11-7-5-8-12-26)33(39)25-38(29-17-15-27(35)16-18-29)44(41,42)31-21-19-30(20-22-31)43-4-2/h5,7-8,11-12,15-22,28,32H,3-4,6,9-10,13-14,23-25H2,1-2H3,(H,36,40)/t32-/m1/s1. The number of sulfonamides is 1. The predicted octanol–water partition coefficient (Wildman–Crippen LogP) is 5.72. The van der Waals surface area contributed by atoms with E-state index in [0.29, 0.717) is 25.2 Å². The monoisotopic (exact) mass is 623 g/mol. The van der Waals surface area contributed by atoms with Crippen molar-refractivity contribution in [3.8, 4) is 5.75 Å². The van der Waals surface area contributed by atoms with E-state index in [1.165, 1.54) is 29.2 Å². The van der Waals surface area contributed by atoms with Crippen LogP contribution in [0.4, 0.5) is 10.1 Å². The summed E-state index contributed by atoms with van der Waals surface area (Å²) in [5.41, 5.74) is 1.13. The van der Waals surface area contributed by atoms with E-state index in [9.17, 15) is 22.4 Å². The number of anilines is 1. The second kappa shape index (κ2) is 15.7. The number of nitrogens with one attached hydrogen (secondary N) is 1. The SMILES string of the molecule is CCOc1ccc(S(=O)(=O)N(CC(=O)N(CCc2ccccc2)[C@H](CC)C(=O)NC2CCCCC2)c2ccc(F)cc2)cc1. The number of hydrogen-bond donors (Lipinski definition) is 1. The van der Waals surface area contributed by atoms with Gasteiger partial charge in [0.15, 0.2) is 0 Å². The lowest BCUT2D eigenvalue weighted by Gasteiger charge is -2.34. The molecule has 44 heavy (non-hydrogen) atoms. The van der Waals surface area contributed by atoms with Crippen molar-refractivity contribution in [1.82, 2.24) is 10.2 Å². The first-order valence-electron chi connectivity index (χ1n) is 15.4. The van der Waals surface area contributed by atoms with Crippen molar-refractivity contribution in [2.24, 2.45) is 0 Å². The van der Waals surface area contributed by atoms with E-state index >= 15 is 0 Å². The lowest BCUT2D eigenvalue weighted by atomic mass is 9.95. The highest BCUT2D eigenvalue weighted by Gasteiger charge is 2.34. The second-order valence-corrected chi connectivity index (χ2v) is 12.8. The Morgan fingerprint density at radius 3 is 2.20 bits per heavy atom. The van der Waals surface area contributed by atoms with Crippen LogP contribution < -0.4 is 14.4 Å². The van der Waals surface area contributed by atoms with Gasteiger partial charge in [-0.15, -0.1) is 0 Å². The normalized spacial score (nSPS) is 14.4. The number of benzene rings is 3. The van der Waals surface area contributed by atoms with Crippen molar-refractivity contribution in [3.63, 3.8) is 0 Å². The fourth-order valence-corrected chi connectivity index (χ4v) is 6.99. The summed E-state index contributed by atoms with van der Waals surface area (Å²) < 4.78 is 48.3. The number of carbonyl (C=O) groups is 2. The van der Waals surface area contributed by atoms with E-state index in [-0.39, 0.29) is 29.1 Å². The van der Waals surface area contributed by atoms with Gasteiger partial charge in [0.05, 0.1) is 17.2 Å². The maximum atomic E-state index is 14.2. The van der Waals surface area contributed by atoms with Crippen LogP contribution in [-0.2, 0) is 26.0 Å². The number of ether oxygens (including phenoxy) is 1. The molecule has 1 aliphatic rings. The highest BCUT2D eigenvalue weighted by atomic mass is 32.2. The zero-order chi connectivity index (χ0) is 31.5. The Bertz CT molecular complexity index is 1460. The molecule has 0 aromatic heterocycles. The van der Waals surface area contributed by atoms with E-state index in [1.54, 1.807) is 12.1 Å². The molecule has 0 radical (unpaired) electrons. The fourth-order valence-electron chi connectivity index (χ4n) is 5.58. The van der Waals surface area contributed by atoms with Crippen LogP contribution in [0.2, 0.25) is 0 Å². The molecule has 3 aromatic rings. The molecule has 3 aromatic carbocycles. The molecule has 0 aliphatic heterocycles. The molecule has 0 bridgehead atoms. The molecule has 1 atom stereocenters. The minimum Gasteiger partial charge on any atom is -0.494 e. The van der Waals surface area contributed by atoms with E-state index in [2.05, 4.69) is 5.32 Å². The number of halogens is 1. The van der Waals surface area contributed by atoms with Gasteiger partial charge in [-0.25, -0.2) is 12.8 Å². The van der Waals surface area contributed by atoms with Gasteiger partial charge >= 0.3 is 0 Å². The highest BCUT2D eigenvalue weighted by molar-refractivity contribution is 7.92. The maximum absolute atomic E-state index is 14.2. The molecule has 0 saturated heterocycles. The third-order valence-corrected chi connectivity index (χ3v) is 9.73. The third kappa shape index (κ3) is 8.59. The van der Waals surface area contributed by atoms with Crippen molar-refractivity contribution in [2.75, 3.05) is 24.0 Å².